The molecule has 3 heterocycles. The summed E-state index contributed by atoms with van der Waals surface area (Å²) in [4.78, 5) is 18.4. The fraction of sp³-hybridized carbons (Fsp3) is 0.321. The van der Waals surface area contributed by atoms with Crippen molar-refractivity contribution >= 4 is 11.0 Å². The monoisotopic (exact) mass is 499 g/mol. The maximum Gasteiger partial charge on any atom is 0.270 e. The minimum atomic E-state index is -0.405. The van der Waals surface area contributed by atoms with E-state index in [-0.39, 0.29) is 29.8 Å². The van der Waals surface area contributed by atoms with Gasteiger partial charge in [-0.05, 0) is 30.5 Å². The Morgan fingerprint density at radius 2 is 1.78 bits per heavy atom. The third-order valence-corrected chi connectivity index (χ3v) is 6.43. The molecule has 0 saturated carbocycles. The van der Waals surface area contributed by atoms with E-state index < -0.39 is 11.4 Å². The molecule has 5 rings (SSSR count). The van der Waals surface area contributed by atoms with Gasteiger partial charge < -0.3 is 14.0 Å². The smallest absolute Gasteiger partial charge is 0.270 e. The molecule has 9 nitrogen and oxygen atoms in total. The second-order valence-corrected chi connectivity index (χ2v) is 9.02. The van der Waals surface area contributed by atoms with Crippen LogP contribution in [-0.2, 0) is 12.8 Å². The highest BCUT2D eigenvalue weighted by Crippen LogP contribution is 2.29. The predicted octanol–water partition coefficient (Wildman–Crippen LogP) is 5.46. The Bertz CT molecular complexity index is 1550. The number of aromatic nitrogens is 5. The number of hydrogen-bond acceptors (Lipinski definition) is 8. The fourth-order valence-electron chi connectivity index (χ4n) is 4.61. The van der Waals surface area contributed by atoms with Gasteiger partial charge in [-0.1, -0.05) is 74.3 Å². The van der Waals surface area contributed by atoms with Crippen LogP contribution in [0.1, 0.15) is 68.5 Å². The van der Waals surface area contributed by atoms with Crippen LogP contribution in [0, 0.1) is 0 Å². The lowest BCUT2D eigenvalue weighted by Gasteiger charge is -2.23. The zero-order valence-electron chi connectivity index (χ0n) is 20.9. The van der Waals surface area contributed by atoms with Crippen molar-refractivity contribution in [1.29, 1.82) is 0 Å². The summed E-state index contributed by atoms with van der Waals surface area (Å²) in [5, 5.41) is 24.0. The minimum absolute atomic E-state index is 0.0723. The molecule has 1 atom stereocenters. The molecule has 190 valence electrons. The normalized spacial score (nSPS) is 12.3. The number of hydrogen-bond donors (Lipinski definition) is 1. The summed E-state index contributed by atoms with van der Waals surface area (Å²) in [6.07, 6.45) is 4.18. The number of rotatable bonds is 10. The summed E-state index contributed by atoms with van der Waals surface area (Å²) in [6.45, 7) is 4.16. The molecule has 1 N–H and O–H groups in total. The maximum absolute atomic E-state index is 14.0. The molecule has 0 amide bonds. The van der Waals surface area contributed by atoms with Gasteiger partial charge in [-0.3, -0.25) is 9.36 Å². The van der Waals surface area contributed by atoms with Gasteiger partial charge in [0.1, 0.15) is 11.5 Å². The lowest BCUT2D eigenvalue weighted by Crippen LogP contribution is -2.31. The molecule has 0 aliphatic rings. The lowest BCUT2D eigenvalue weighted by atomic mass is 10.0. The molecular formula is C28H29N5O4. The second-order valence-electron chi connectivity index (χ2n) is 9.02. The van der Waals surface area contributed by atoms with Crippen molar-refractivity contribution in [2.45, 2.75) is 58.4 Å². The zero-order chi connectivity index (χ0) is 25.8. The molecule has 3 aromatic heterocycles. The van der Waals surface area contributed by atoms with E-state index >= 15 is 0 Å². The van der Waals surface area contributed by atoms with Crippen LogP contribution in [0.3, 0.4) is 0 Å². The Hall–Kier alpha value is -4.27. The van der Waals surface area contributed by atoms with Gasteiger partial charge in [-0.2, -0.15) is 4.98 Å². The summed E-state index contributed by atoms with van der Waals surface area (Å²) < 4.78 is 12.9. The molecule has 0 aliphatic carbocycles. The average Bonchev–Trinajstić information content (AvgIpc) is 3.54. The SMILES string of the molecule is CCCCc1nc(O)c(-c2nnc(Cc3noc4ccccc34)o2)c(=O)n1C(CCC)c1ccccc1. The summed E-state index contributed by atoms with van der Waals surface area (Å²) >= 11 is 0. The van der Waals surface area contributed by atoms with Gasteiger partial charge in [0.25, 0.3) is 11.4 Å². The Labute approximate surface area is 213 Å². The van der Waals surface area contributed by atoms with Crippen molar-refractivity contribution in [3.8, 4) is 17.3 Å². The third-order valence-electron chi connectivity index (χ3n) is 6.43. The number of para-hydroxylation sites is 1. The van der Waals surface area contributed by atoms with Crippen LogP contribution in [0.25, 0.3) is 22.4 Å². The van der Waals surface area contributed by atoms with E-state index in [9.17, 15) is 9.90 Å². The number of unbranched alkanes of at least 4 members (excludes halogenated alkanes) is 1. The van der Waals surface area contributed by atoms with Gasteiger partial charge in [0.15, 0.2) is 11.1 Å². The lowest BCUT2D eigenvalue weighted by molar-refractivity contribution is 0.421. The molecule has 0 fully saturated rings. The van der Waals surface area contributed by atoms with E-state index in [0.717, 1.165) is 36.6 Å². The fourth-order valence-corrected chi connectivity index (χ4v) is 4.61. The van der Waals surface area contributed by atoms with Gasteiger partial charge in [-0.25, -0.2) is 0 Å². The largest absolute Gasteiger partial charge is 0.493 e. The van der Waals surface area contributed by atoms with Crippen LogP contribution in [-0.4, -0.2) is 30.0 Å². The van der Waals surface area contributed by atoms with Crippen LogP contribution in [0.15, 0.2) is 68.3 Å². The quantitative estimate of drug-likeness (QED) is 0.269. The highest BCUT2D eigenvalue weighted by molar-refractivity contribution is 5.79. The zero-order valence-corrected chi connectivity index (χ0v) is 20.9. The van der Waals surface area contributed by atoms with Gasteiger partial charge in [0.05, 0.1) is 12.5 Å². The third kappa shape index (κ3) is 4.89. The first-order chi connectivity index (χ1) is 18.1. The standard InChI is InChI=1S/C28H29N5O4/c1-3-5-16-23-29-26(34)25(28(35)33(23)21(11-4-2)18-12-7-6-8-13-18)27-31-30-24(36-27)17-20-19-14-9-10-15-22(19)37-32-20/h6-10,12-15,21,34H,3-5,11,16-17H2,1-2H3. The van der Waals surface area contributed by atoms with Crippen LogP contribution < -0.4 is 5.56 Å². The number of aromatic hydroxyl groups is 1. The molecular weight excluding hydrogens is 470 g/mol. The average molecular weight is 500 g/mol. The molecule has 0 aliphatic heterocycles. The number of benzene rings is 2. The summed E-state index contributed by atoms with van der Waals surface area (Å²) in [6, 6.07) is 17.2. The molecule has 37 heavy (non-hydrogen) atoms. The van der Waals surface area contributed by atoms with Crippen LogP contribution in [0.5, 0.6) is 5.88 Å². The molecule has 0 bridgehead atoms. The van der Waals surface area contributed by atoms with Crippen molar-refractivity contribution in [1.82, 2.24) is 24.9 Å². The number of fused-ring (bicyclic) bond motifs is 1. The molecule has 1 unspecified atom stereocenters. The van der Waals surface area contributed by atoms with Crippen LogP contribution >= 0.6 is 0 Å². The Morgan fingerprint density at radius 1 is 1.00 bits per heavy atom. The van der Waals surface area contributed by atoms with E-state index in [1.54, 1.807) is 4.57 Å². The second kappa shape index (κ2) is 10.8. The van der Waals surface area contributed by atoms with E-state index in [1.165, 1.54) is 0 Å². The van der Waals surface area contributed by atoms with E-state index in [2.05, 4.69) is 34.2 Å². The minimum Gasteiger partial charge on any atom is -0.493 e. The molecule has 5 aromatic rings. The Morgan fingerprint density at radius 3 is 2.57 bits per heavy atom. The molecule has 2 aromatic carbocycles. The van der Waals surface area contributed by atoms with Gasteiger partial charge in [-0.15, -0.1) is 10.2 Å². The van der Waals surface area contributed by atoms with Gasteiger partial charge >= 0.3 is 0 Å². The van der Waals surface area contributed by atoms with Crippen molar-refractivity contribution in [3.63, 3.8) is 0 Å². The van der Waals surface area contributed by atoms with Gasteiger partial charge in [0, 0.05) is 11.8 Å². The molecule has 0 radical (unpaired) electrons. The highest BCUT2D eigenvalue weighted by Gasteiger charge is 2.27. The summed E-state index contributed by atoms with van der Waals surface area (Å²) in [5.74, 6) is 0.321. The maximum atomic E-state index is 14.0. The van der Waals surface area contributed by atoms with Crippen molar-refractivity contribution in [2.75, 3.05) is 0 Å². The molecule has 0 spiro atoms. The van der Waals surface area contributed by atoms with Crippen molar-refractivity contribution in [2.24, 2.45) is 0 Å². The number of aryl methyl sites for hydroxylation is 1. The number of nitrogens with zero attached hydrogens (tertiary/aromatic N) is 5. The Balaban J connectivity index is 1.58. The van der Waals surface area contributed by atoms with Crippen LogP contribution in [0.4, 0.5) is 0 Å². The van der Waals surface area contributed by atoms with Gasteiger partial charge in [0.2, 0.25) is 11.8 Å². The summed E-state index contributed by atoms with van der Waals surface area (Å²) in [5.41, 5.74) is 1.82. The summed E-state index contributed by atoms with van der Waals surface area (Å²) in [7, 11) is 0. The van der Waals surface area contributed by atoms with E-state index in [4.69, 9.17) is 8.94 Å². The highest BCUT2D eigenvalue weighted by atomic mass is 16.5. The van der Waals surface area contributed by atoms with Crippen LogP contribution in [0.2, 0.25) is 0 Å². The topological polar surface area (TPSA) is 120 Å². The Kier molecular flexibility index (Phi) is 7.11. The first-order valence-corrected chi connectivity index (χ1v) is 12.7. The first kappa shape index (κ1) is 24.4. The first-order valence-electron chi connectivity index (χ1n) is 12.7. The van der Waals surface area contributed by atoms with E-state index in [1.807, 2.05) is 54.6 Å². The van der Waals surface area contributed by atoms with Crippen molar-refractivity contribution in [3.05, 3.63) is 87.9 Å². The molecule has 9 heteroatoms. The van der Waals surface area contributed by atoms with Crippen molar-refractivity contribution < 1.29 is 14.0 Å². The molecule has 0 saturated heterocycles. The van der Waals surface area contributed by atoms with E-state index in [0.29, 0.717) is 23.5 Å². The predicted molar refractivity (Wildman–Crippen MR) is 138 cm³/mol.